The summed E-state index contributed by atoms with van der Waals surface area (Å²) in [7, 11) is 2.04. The van der Waals surface area contributed by atoms with Gasteiger partial charge in [-0.3, -0.25) is 0 Å². The average molecular weight is 192 g/mol. The number of anilines is 2. The van der Waals surface area contributed by atoms with Crippen LogP contribution in [0.4, 0.5) is 11.8 Å². The Bertz CT molecular complexity index is 359. The molecule has 1 aliphatic heterocycles. The second kappa shape index (κ2) is 3.12. The molecular formula is C10H16N4. The standard InChI is InChI=1S/C10H16N4/c1-6(2)8-7-4-5-14(3)9(7)13-10(11)12-8/h6H,4-5H2,1-3H3,(H2,11,12,13). The Morgan fingerprint density at radius 1 is 1.36 bits per heavy atom. The Balaban J connectivity index is 2.57. The van der Waals surface area contributed by atoms with Crippen LogP contribution in [0.5, 0.6) is 0 Å². The zero-order valence-electron chi connectivity index (χ0n) is 8.91. The zero-order valence-corrected chi connectivity index (χ0v) is 8.91. The molecule has 0 saturated carbocycles. The first-order valence-corrected chi connectivity index (χ1v) is 4.97. The van der Waals surface area contributed by atoms with Crippen molar-refractivity contribution >= 4 is 11.8 Å². The first-order chi connectivity index (χ1) is 6.59. The number of likely N-dealkylation sites (N-methyl/N-ethyl adjacent to an activating group) is 1. The summed E-state index contributed by atoms with van der Waals surface area (Å²) in [4.78, 5) is 10.7. The molecule has 0 saturated heterocycles. The molecule has 2 N–H and O–H groups in total. The molecule has 0 bridgehead atoms. The van der Waals surface area contributed by atoms with Gasteiger partial charge in [0, 0.05) is 19.2 Å². The minimum Gasteiger partial charge on any atom is -0.368 e. The summed E-state index contributed by atoms with van der Waals surface area (Å²) in [6.07, 6.45) is 1.04. The van der Waals surface area contributed by atoms with Gasteiger partial charge in [-0.2, -0.15) is 4.98 Å². The Morgan fingerprint density at radius 2 is 2.07 bits per heavy atom. The van der Waals surface area contributed by atoms with Crippen molar-refractivity contribution in [1.29, 1.82) is 0 Å². The van der Waals surface area contributed by atoms with E-state index in [2.05, 4.69) is 28.7 Å². The summed E-state index contributed by atoms with van der Waals surface area (Å²) in [6, 6.07) is 0. The van der Waals surface area contributed by atoms with Crippen LogP contribution >= 0.6 is 0 Å². The van der Waals surface area contributed by atoms with Crippen molar-refractivity contribution in [3.63, 3.8) is 0 Å². The Morgan fingerprint density at radius 3 is 2.71 bits per heavy atom. The molecule has 0 aromatic carbocycles. The lowest BCUT2D eigenvalue weighted by atomic mass is 10.0. The van der Waals surface area contributed by atoms with Gasteiger partial charge in [0.05, 0.1) is 5.69 Å². The number of hydrogen-bond donors (Lipinski definition) is 1. The lowest BCUT2D eigenvalue weighted by Gasteiger charge is -2.13. The maximum atomic E-state index is 5.68. The van der Waals surface area contributed by atoms with Crippen molar-refractivity contribution in [2.75, 3.05) is 24.2 Å². The van der Waals surface area contributed by atoms with Gasteiger partial charge in [-0.15, -0.1) is 0 Å². The van der Waals surface area contributed by atoms with Gasteiger partial charge >= 0.3 is 0 Å². The van der Waals surface area contributed by atoms with E-state index < -0.39 is 0 Å². The van der Waals surface area contributed by atoms with Crippen LogP contribution in [0, 0.1) is 0 Å². The maximum absolute atomic E-state index is 5.68. The van der Waals surface area contributed by atoms with Crippen LogP contribution in [0.1, 0.15) is 31.0 Å². The van der Waals surface area contributed by atoms with E-state index in [0.29, 0.717) is 11.9 Å². The molecule has 76 valence electrons. The van der Waals surface area contributed by atoms with Crippen LogP contribution < -0.4 is 10.6 Å². The van der Waals surface area contributed by atoms with Gasteiger partial charge in [-0.05, 0) is 12.3 Å². The van der Waals surface area contributed by atoms with Crippen LogP contribution in [-0.4, -0.2) is 23.6 Å². The van der Waals surface area contributed by atoms with Gasteiger partial charge in [0.1, 0.15) is 5.82 Å². The molecule has 0 atom stereocenters. The van der Waals surface area contributed by atoms with E-state index >= 15 is 0 Å². The molecule has 0 unspecified atom stereocenters. The van der Waals surface area contributed by atoms with E-state index in [1.54, 1.807) is 0 Å². The largest absolute Gasteiger partial charge is 0.368 e. The van der Waals surface area contributed by atoms with Crippen molar-refractivity contribution < 1.29 is 0 Å². The topological polar surface area (TPSA) is 55.0 Å². The molecule has 1 aliphatic rings. The molecule has 1 aromatic heterocycles. The third kappa shape index (κ3) is 1.31. The summed E-state index contributed by atoms with van der Waals surface area (Å²) in [5.41, 5.74) is 8.07. The summed E-state index contributed by atoms with van der Waals surface area (Å²) in [5.74, 6) is 1.82. The minimum atomic E-state index is 0.390. The molecule has 0 aliphatic carbocycles. The Labute approximate surface area is 84.2 Å². The van der Waals surface area contributed by atoms with E-state index in [-0.39, 0.29) is 0 Å². The predicted octanol–water partition coefficient (Wildman–Crippen LogP) is 1.17. The number of nitrogens with zero attached hydrogens (tertiary/aromatic N) is 3. The van der Waals surface area contributed by atoms with Gasteiger partial charge in [0.25, 0.3) is 0 Å². The third-order valence-electron chi connectivity index (χ3n) is 2.64. The highest BCUT2D eigenvalue weighted by Gasteiger charge is 2.23. The zero-order chi connectivity index (χ0) is 10.3. The van der Waals surface area contributed by atoms with Crippen molar-refractivity contribution in [3.8, 4) is 0 Å². The highest BCUT2D eigenvalue weighted by molar-refractivity contribution is 5.56. The SMILES string of the molecule is CC(C)c1nc(N)nc2c1CCN2C. The van der Waals surface area contributed by atoms with Crippen molar-refractivity contribution in [3.05, 3.63) is 11.3 Å². The molecule has 4 heteroatoms. The lowest BCUT2D eigenvalue weighted by molar-refractivity contribution is 0.801. The fourth-order valence-corrected chi connectivity index (χ4v) is 1.93. The van der Waals surface area contributed by atoms with Gasteiger partial charge in [-0.1, -0.05) is 13.8 Å². The second-order valence-electron chi connectivity index (χ2n) is 4.10. The smallest absolute Gasteiger partial charge is 0.222 e. The van der Waals surface area contributed by atoms with Crippen molar-refractivity contribution in [1.82, 2.24) is 9.97 Å². The highest BCUT2D eigenvalue weighted by Crippen LogP contribution is 2.30. The van der Waals surface area contributed by atoms with E-state index in [1.165, 1.54) is 5.56 Å². The van der Waals surface area contributed by atoms with E-state index in [9.17, 15) is 0 Å². The van der Waals surface area contributed by atoms with Crippen LogP contribution in [-0.2, 0) is 6.42 Å². The molecule has 2 rings (SSSR count). The maximum Gasteiger partial charge on any atom is 0.222 e. The number of nitrogens with two attached hydrogens (primary N) is 1. The lowest BCUT2D eigenvalue weighted by Crippen LogP contribution is -2.14. The Kier molecular flexibility index (Phi) is 2.06. The monoisotopic (exact) mass is 192 g/mol. The van der Waals surface area contributed by atoms with Gasteiger partial charge < -0.3 is 10.6 Å². The molecule has 1 aromatic rings. The number of fused-ring (bicyclic) bond motifs is 1. The van der Waals surface area contributed by atoms with Crippen LogP contribution in [0.2, 0.25) is 0 Å². The molecule has 0 fully saturated rings. The Hall–Kier alpha value is -1.32. The fourth-order valence-electron chi connectivity index (χ4n) is 1.93. The van der Waals surface area contributed by atoms with Gasteiger partial charge in [-0.25, -0.2) is 4.98 Å². The highest BCUT2D eigenvalue weighted by atomic mass is 15.2. The number of rotatable bonds is 1. The first kappa shape index (κ1) is 9.24. The first-order valence-electron chi connectivity index (χ1n) is 4.97. The molecule has 0 spiro atoms. The number of hydrogen-bond acceptors (Lipinski definition) is 4. The summed E-state index contributed by atoms with van der Waals surface area (Å²) >= 11 is 0. The van der Waals surface area contributed by atoms with Crippen molar-refractivity contribution in [2.45, 2.75) is 26.2 Å². The number of nitrogen functional groups attached to an aromatic ring is 1. The molecule has 4 nitrogen and oxygen atoms in total. The molecule has 2 heterocycles. The average Bonchev–Trinajstić information content (AvgIpc) is 2.47. The predicted molar refractivity (Wildman–Crippen MR) is 57.5 cm³/mol. The summed E-state index contributed by atoms with van der Waals surface area (Å²) in [6.45, 7) is 5.30. The van der Waals surface area contributed by atoms with E-state index in [4.69, 9.17) is 5.73 Å². The quantitative estimate of drug-likeness (QED) is 0.725. The van der Waals surface area contributed by atoms with E-state index in [0.717, 1.165) is 24.5 Å². The molecular weight excluding hydrogens is 176 g/mol. The second-order valence-corrected chi connectivity index (χ2v) is 4.10. The van der Waals surface area contributed by atoms with Crippen LogP contribution in [0.3, 0.4) is 0 Å². The molecule has 0 radical (unpaired) electrons. The fraction of sp³-hybridized carbons (Fsp3) is 0.600. The summed E-state index contributed by atoms with van der Waals surface area (Å²) in [5, 5.41) is 0. The van der Waals surface area contributed by atoms with Gasteiger partial charge in [0.2, 0.25) is 5.95 Å². The molecule has 0 amide bonds. The van der Waals surface area contributed by atoms with Gasteiger partial charge in [0.15, 0.2) is 0 Å². The third-order valence-corrected chi connectivity index (χ3v) is 2.64. The normalized spacial score (nSPS) is 15.0. The minimum absolute atomic E-state index is 0.390. The molecule has 14 heavy (non-hydrogen) atoms. The van der Waals surface area contributed by atoms with Crippen LogP contribution in [0.15, 0.2) is 0 Å². The van der Waals surface area contributed by atoms with Crippen molar-refractivity contribution in [2.24, 2.45) is 0 Å². The summed E-state index contributed by atoms with van der Waals surface area (Å²) < 4.78 is 0. The number of aromatic nitrogens is 2. The van der Waals surface area contributed by atoms with E-state index in [1.807, 2.05) is 7.05 Å². The van der Waals surface area contributed by atoms with Crippen LogP contribution in [0.25, 0.3) is 0 Å².